The van der Waals surface area contributed by atoms with E-state index in [4.69, 9.17) is 0 Å². The molecule has 0 aromatic heterocycles. The van der Waals surface area contributed by atoms with Gasteiger partial charge in [-0.25, -0.2) is 8.78 Å². The molecule has 2 atom stereocenters. The Labute approximate surface area is 216 Å². The fourth-order valence-electron chi connectivity index (χ4n) is 5.09. The van der Waals surface area contributed by atoms with Crippen LogP contribution in [0.1, 0.15) is 42.7 Å². The summed E-state index contributed by atoms with van der Waals surface area (Å²) >= 11 is 3.43. The van der Waals surface area contributed by atoms with Crippen molar-refractivity contribution in [2.45, 2.75) is 31.6 Å². The van der Waals surface area contributed by atoms with Crippen molar-refractivity contribution in [1.29, 1.82) is 0 Å². The molecule has 1 heterocycles. The van der Waals surface area contributed by atoms with Crippen LogP contribution in [0.15, 0.2) is 99.8 Å². The summed E-state index contributed by atoms with van der Waals surface area (Å²) in [5.74, 6) is -3.11. The number of hydrogen-bond acceptors (Lipinski definition) is 3. The number of dihydropyridines is 1. The van der Waals surface area contributed by atoms with Gasteiger partial charge in [0.05, 0.1) is 0 Å². The Kier molecular flexibility index (Phi) is 6.58. The number of ketones is 1. The molecule has 0 saturated carbocycles. The minimum atomic E-state index is -0.870. The summed E-state index contributed by atoms with van der Waals surface area (Å²) in [6.45, 7) is 1.75. The number of para-hydroxylation sites is 1. The number of carbonyl (C=O) groups is 2. The van der Waals surface area contributed by atoms with Crippen molar-refractivity contribution in [3.05, 3.63) is 123 Å². The maximum Gasteiger partial charge on any atom is 0.254 e. The fraction of sp³-hybridized carbons (Fsp3) is 0.172. The Hall–Kier alpha value is -3.58. The van der Waals surface area contributed by atoms with Gasteiger partial charge in [0.2, 0.25) is 0 Å². The van der Waals surface area contributed by atoms with Crippen LogP contribution in [-0.2, 0) is 9.59 Å². The first-order chi connectivity index (χ1) is 17.3. The van der Waals surface area contributed by atoms with Crippen molar-refractivity contribution in [2.75, 3.05) is 5.32 Å². The van der Waals surface area contributed by atoms with Crippen LogP contribution >= 0.6 is 15.9 Å². The van der Waals surface area contributed by atoms with E-state index >= 15 is 0 Å². The van der Waals surface area contributed by atoms with E-state index in [0.29, 0.717) is 24.1 Å². The molecule has 0 saturated heterocycles. The van der Waals surface area contributed by atoms with Gasteiger partial charge < -0.3 is 10.6 Å². The molecule has 0 fully saturated rings. The number of halogens is 3. The van der Waals surface area contributed by atoms with E-state index in [-0.39, 0.29) is 17.3 Å². The van der Waals surface area contributed by atoms with Crippen LogP contribution in [0.25, 0.3) is 0 Å². The molecule has 3 aromatic rings. The second kappa shape index (κ2) is 9.82. The van der Waals surface area contributed by atoms with Crippen LogP contribution in [0, 0.1) is 11.6 Å². The number of Topliss-reactive ketones (excluding diaryl/α,β-unsaturated/α-hetero) is 1. The van der Waals surface area contributed by atoms with Gasteiger partial charge in [0.1, 0.15) is 17.3 Å². The van der Waals surface area contributed by atoms with Crippen LogP contribution in [-0.4, -0.2) is 11.7 Å². The molecule has 2 N–H and O–H groups in total. The zero-order valence-electron chi connectivity index (χ0n) is 19.4. The van der Waals surface area contributed by atoms with E-state index in [1.54, 1.807) is 6.92 Å². The molecule has 2 aliphatic rings. The molecular weight excluding hydrogens is 526 g/mol. The molecule has 1 aliphatic carbocycles. The highest BCUT2D eigenvalue weighted by Gasteiger charge is 2.41. The molecule has 182 valence electrons. The molecule has 36 heavy (non-hydrogen) atoms. The van der Waals surface area contributed by atoms with Crippen LogP contribution in [0.2, 0.25) is 0 Å². The molecule has 2 unspecified atom stereocenters. The van der Waals surface area contributed by atoms with Gasteiger partial charge in [-0.2, -0.15) is 0 Å². The van der Waals surface area contributed by atoms with Gasteiger partial charge in [0.25, 0.3) is 5.91 Å². The van der Waals surface area contributed by atoms with E-state index in [1.165, 1.54) is 6.07 Å². The van der Waals surface area contributed by atoms with Gasteiger partial charge in [-0.05, 0) is 54.7 Å². The number of amides is 1. The zero-order chi connectivity index (χ0) is 25.4. The van der Waals surface area contributed by atoms with Gasteiger partial charge >= 0.3 is 0 Å². The first kappa shape index (κ1) is 24.1. The average molecular weight is 549 g/mol. The van der Waals surface area contributed by atoms with E-state index in [2.05, 4.69) is 26.6 Å². The second-order valence-corrected chi connectivity index (χ2v) is 9.95. The van der Waals surface area contributed by atoms with Crippen molar-refractivity contribution in [3.63, 3.8) is 0 Å². The van der Waals surface area contributed by atoms with Crippen molar-refractivity contribution < 1.29 is 18.4 Å². The summed E-state index contributed by atoms with van der Waals surface area (Å²) in [5.41, 5.74) is 3.41. The number of carbonyl (C=O) groups excluding carboxylic acids is 2. The number of hydrogen-bond donors (Lipinski definition) is 2. The fourth-order valence-corrected chi connectivity index (χ4v) is 5.35. The predicted octanol–water partition coefficient (Wildman–Crippen LogP) is 6.73. The van der Waals surface area contributed by atoms with Gasteiger partial charge in [-0.15, -0.1) is 0 Å². The summed E-state index contributed by atoms with van der Waals surface area (Å²) < 4.78 is 29.5. The third-order valence-electron chi connectivity index (χ3n) is 6.75. The molecule has 0 radical (unpaired) electrons. The highest BCUT2D eigenvalue weighted by molar-refractivity contribution is 9.10. The molecule has 1 amide bonds. The number of nitrogens with one attached hydrogen (secondary N) is 2. The van der Waals surface area contributed by atoms with Gasteiger partial charge in [0, 0.05) is 39.4 Å². The Bertz CT molecular complexity index is 1390. The number of rotatable bonds is 4. The third-order valence-corrected chi connectivity index (χ3v) is 7.28. The van der Waals surface area contributed by atoms with Crippen molar-refractivity contribution in [2.24, 2.45) is 0 Å². The Balaban J connectivity index is 1.58. The molecule has 5 rings (SSSR count). The third kappa shape index (κ3) is 4.51. The number of anilines is 1. The first-order valence-corrected chi connectivity index (χ1v) is 12.4. The standard InChI is InChI=1S/C29H23BrF2N2O2/c1-16-25(29(36)34-28-21(31)8-5-9-22(28)32)26(18-10-12-20(30)13-11-18)27-23(33-16)14-19(15-24(27)35)17-6-3-2-4-7-17/h2-13,19,26,33H,14-15H2,1H3,(H,34,36). The topological polar surface area (TPSA) is 58.2 Å². The zero-order valence-corrected chi connectivity index (χ0v) is 21.0. The highest BCUT2D eigenvalue weighted by atomic mass is 79.9. The Morgan fingerprint density at radius 1 is 0.917 bits per heavy atom. The lowest BCUT2D eigenvalue weighted by atomic mass is 9.71. The molecule has 3 aromatic carbocycles. The Morgan fingerprint density at radius 3 is 2.25 bits per heavy atom. The van der Waals surface area contributed by atoms with Gasteiger partial charge in [0.15, 0.2) is 5.78 Å². The van der Waals surface area contributed by atoms with Gasteiger partial charge in [-0.1, -0.05) is 64.5 Å². The van der Waals surface area contributed by atoms with Crippen molar-refractivity contribution >= 4 is 33.3 Å². The average Bonchev–Trinajstić information content (AvgIpc) is 2.86. The summed E-state index contributed by atoms with van der Waals surface area (Å²) in [6.07, 6.45) is 0.930. The monoisotopic (exact) mass is 548 g/mol. The molecule has 1 aliphatic heterocycles. The van der Waals surface area contributed by atoms with Crippen LogP contribution in [0.5, 0.6) is 0 Å². The maximum absolute atomic E-state index is 14.3. The minimum absolute atomic E-state index is 0.0196. The minimum Gasteiger partial charge on any atom is -0.362 e. The number of allylic oxidation sites excluding steroid dienone is 3. The SMILES string of the molecule is CC1=C(C(=O)Nc2c(F)cccc2F)C(c2ccc(Br)cc2)C2=C(CC(c3ccccc3)CC2=O)N1. The van der Waals surface area contributed by atoms with Crippen LogP contribution in [0.3, 0.4) is 0 Å². The lowest BCUT2D eigenvalue weighted by Crippen LogP contribution is -2.37. The van der Waals surface area contributed by atoms with Crippen molar-refractivity contribution in [3.8, 4) is 0 Å². The Morgan fingerprint density at radius 2 is 1.58 bits per heavy atom. The molecular formula is C29H23BrF2N2O2. The predicted molar refractivity (Wildman–Crippen MR) is 138 cm³/mol. The first-order valence-electron chi connectivity index (χ1n) is 11.6. The smallest absolute Gasteiger partial charge is 0.254 e. The van der Waals surface area contributed by atoms with E-state index < -0.39 is 29.1 Å². The molecule has 7 heteroatoms. The lowest BCUT2D eigenvalue weighted by Gasteiger charge is -2.37. The molecule has 0 bridgehead atoms. The summed E-state index contributed by atoms with van der Waals surface area (Å²) in [4.78, 5) is 27.1. The second-order valence-electron chi connectivity index (χ2n) is 9.03. The van der Waals surface area contributed by atoms with Crippen LogP contribution < -0.4 is 10.6 Å². The summed E-state index contributed by atoms with van der Waals surface area (Å²) in [5, 5.41) is 5.69. The van der Waals surface area contributed by atoms with Gasteiger partial charge in [-0.3, -0.25) is 9.59 Å². The summed E-state index contributed by atoms with van der Waals surface area (Å²) in [7, 11) is 0. The maximum atomic E-state index is 14.3. The van der Waals surface area contributed by atoms with E-state index in [9.17, 15) is 18.4 Å². The largest absolute Gasteiger partial charge is 0.362 e. The van der Waals surface area contributed by atoms with E-state index in [0.717, 1.165) is 33.4 Å². The molecule has 0 spiro atoms. The normalized spacial score (nSPS) is 19.6. The number of benzene rings is 3. The quantitative estimate of drug-likeness (QED) is 0.380. The molecule has 4 nitrogen and oxygen atoms in total. The lowest BCUT2D eigenvalue weighted by molar-refractivity contribution is -0.116. The van der Waals surface area contributed by atoms with E-state index in [1.807, 2.05) is 54.6 Å². The highest BCUT2D eigenvalue weighted by Crippen LogP contribution is 2.45. The van der Waals surface area contributed by atoms with Crippen LogP contribution in [0.4, 0.5) is 14.5 Å². The summed E-state index contributed by atoms with van der Waals surface area (Å²) in [6, 6.07) is 20.7. The van der Waals surface area contributed by atoms with Crippen molar-refractivity contribution in [1.82, 2.24) is 5.32 Å².